The molecule has 0 unspecified atom stereocenters. The molecule has 3 aromatic rings. The lowest BCUT2D eigenvalue weighted by atomic mass is 10.0. The lowest BCUT2D eigenvalue weighted by molar-refractivity contribution is -0.123. The highest BCUT2D eigenvalue weighted by molar-refractivity contribution is 9.10. The van der Waals surface area contributed by atoms with Crippen LogP contribution in [0.4, 0.5) is 8.78 Å². The number of pyridine rings is 1. The van der Waals surface area contributed by atoms with E-state index in [9.17, 15) is 18.4 Å². The van der Waals surface area contributed by atoms with Gasteiger partial charge in [-0.25, -0.2) is 8.78 Å². The first-order chi connectivity index (χ1) is 16.2. The molecule has 34 heavy (non-hydrogen) atoms. The third-order valence-electron chi connectivity index (χ3n) is 5.22. The molecule has 0 fully saturated rings. The van der Waals surface area contributed by atoms with Crippen molar-refractivity contribution < 1.29 is 23.4 Å². The second kappa shape index (κ2) is 11.4. The van der Waals surface area contributed by atoms with Gasteiger partial charge in [-0.05, 0) is 46.1 Å². The fourth-order valence-corrected chi connectivity index (χ4v) is 3.69. The molecule has 0 saturated carbocycles. The van der Waals surface area contributed by atoms with Crippen LogP contribution in [0.2, 0.25) is 0 Å². The first-order valence-electron chi connectivity index (χ1n) is 10.4. The molecule has 0 bridgehead atoms. The second-order valence-electron chi connectivity index (χ2n) is 7.73. The number of H-pyrrole nitrogens is 1. The molecule has 0 spiro atoms. The predicted molar refractivity (Wildman–Crippen MR) is 126 cm³/mol. The molecule has 0 aliphatic carbocycles. The van der Waals surface area contributed by atoms with Gasteiger partial charge in [0, 0.05) is 35.9 Å². The van der Waals surface area contributed by atoms with Gasteiger partial charge in [0.05, 0.1) is 6.61 Å². The standard InChI is InChI=1S/C24H24BrF2N3O4/c1-13-18(8-14-2-4-15(5-3-14)10-29-23(32)20(28)11-31)22(21(25)24(33)30-13)34-12-16-6-7-17(26)9-19(16)27/h2-7,9,20,31H,8,10-12,28H2,1H3,(H,29,32)(H,30,33)/t20-/m1/s1. The maximum atomic E-state index is 14.0. The molecule has 0 aliphatic rings. The summed E-state index contributed by atoms with van der Waals surface area (Å²) in [7, 11) is 0. The molecule has 0 saturated heterocycles. The van der Waals surface area contributed by atoms with Gasteiger partial charge in [0.1, 0.15) is 34.5 Å². The number of carbonyl (C=O) groups excluding carboxylic acids is 1. The highest BCUT2D eigenvalue weighted by Gasteiger charge is 2.17. The molecule has 10 heteroatoms. The number of aromatic amines is 1. The molecule has 7 nitrogen and oxygen atoms in total. The van der Waals surface area contributed by atoms with E-state index in [1.54, 1.807) is 6.92 Å². The number of nitrogens with one attached hydrogen (secondary N) is 2. The van der Waals surface area contributed by atoms with Crippen molar-refractivity contribution in [2.45, 2.75) is 32.5 Å². The van der Waals surface area contributed by atoms with Crippen molar-refractivity contribution in [2.75, 3.05) is 6.61 Å². The fourth-order valence-electron chi connectivity index (χ4n) is 3.24. The Morgan fingerprint density at radius 3 is 2.53 bits per heavy atom. The summed E-state index contributed by atoms with van der Waals surface area (Å²) in [6.45, 7) is 1.38. The van der Waals surface area contributed by atoms with E-state index in [0.717, 1.165) is 23.3 Å². The van der Waals surface area contributed by atoms with Crippen molar-refractivity contribution in [3.05, 3.63) is 96.9 Å². The molecule has 5 N–H and O–H groups in total. The number of halogens is 3. The Balaban J connectivity index is 1.78. The van der Waals surface area contributed by atoms with Gasteiger partial charge >= 0.3 is 0 Å². The van der Waals surface area contributed by atoms with E-state index in [1.807, 2.05) is 24.3 Å². The van der Waals surface area contributed by atoms with E-state index in [1.165, 1.54) is 6.07 Å². The largest absolute Gasteiger partial charge is 0.487 e. The molecule has 1 atom stereocenters. The highest BCUT2D eigenvalue weighted by Crippen LogP contribution is 2.31. The summed E-state index contributed by atoms with van der Waals surface area (Å²) in [4.78, 5) is 26.7. The van der Waals surface area contributed by atoms with Gasteiger partial charge in [0.2, 0.25) is 5.91 Å². The van der Waals surface area contributed by atoms with Crippen LogP contribution in [0.1, 0.15) is 27.9 Å². The van der Waals surface area contributed by atoms with Crippen LogP contribution in [0.5, 0.6) is 5.75 Å². The third-order valence-corrected chi connectivity index (χ3v) is 5.94. The Hall–Kier alpha value is -3.08. The van der Waals surface area contributed by atoms with Gasteiger partial charge in [-0.2, -0.15) is 0 Å². The number of aryl methyl sites for hydroxylation is 1. The van der Waals surface area contributed by atoms with Gasteiger partial charge < -0.3 is 25.9 Å². The molecule has 2 aromatic carbocycles. The summed E-state index contributed by atoms with van der Waals surface area (Å²) in [5.74, 6) is -1.59. The normalized spacial score (nSPS) is 11.8. The zero-order chi connectivity index (χ0) is 24.8. The first kappa shape index (κ1) is 25.5. The highest BCUT2D eigenvalue weighted by atomic mass is 79.9. The minimum absolute atomic E-state index is 0.157. The quantitative estimate of drug-likeness (QED) is 0.336. The van der Waals surface area contributed by atoms with Crippen LogP contribution in [0.25, 0.3) is 0 Å². The van der Waals surface area contributed by atoms with E-state index >= 15 is 0 Å². The topological polar surface area (TPSA) is 117 Å². The summed E-state index contributed by atoms with van der Waals surface area (Å²) >= 11 is 3.25. The first-order valence-corrected chi connectivity index (χ1v) is 11.2. The van der Waals surface area contributed by atoms with Crippen LogP contribution in [0.15, 0.2) is 51.7 Å². The predicted octanol–water partition coefficient (Wildman–Crippen LogP) is 2.83. The molecule has 0 aliphatic heterocycles. The number of rotatable bonds is 9. The molecule has 1 amide bonds. The molecule has 3 rings (SSSR count). The Labute approximate surface area is 203 Å². The average Bonchev–Trinajstić information content (AvgIpc) is 2.82. The molecule has 180 valence electrons. The number of hydrogen-bond donors (Lipinski definition) is 4. The van der Waals surface area contributed by atoms with E-state index < -0.39 is 30.2 Å². The lowest BCUT2D eigenvalue weighted by Gasteiger charge is -2.16. The smallest absolute Gasteiger partial charge is 0.266 e. The van der Waals surface area contributed by atoms with Crippen LogP contribution >= 0.6 is 15.9 Å². The van der Waals surface area contributed by atoms with Crippen molar-refractivity contribution in [1.29, 1.82) is 0 Å². The average molecular weight is 536 g/mol. The summed E-state index contributed by atoms with van der Waals surface area (Å²) in [6.07, 6.45) is 0.407. The fraction of sp³-hybridized carbons (Fsp3) is 0.250. The summed E-state index contributed by atoms with van der Waals surface area (Å²) in [5.41, 5.74) is 8.28. The number of aliphatic hydroxyl groups is 1. The van der Waals surface area contributed by atoms with E-state index in [0.29, 0.717) is 17.7 Å². The van der Waals surface area contributed by atoms with Gasteiger partial charge in [-0.15, -0.1) is 0 Å². The minimum Gasteiger partial charge on any atom is -0.487 e. The molecular formula is C24H24BrF2N3O4. The number of amides is 1. The maximum absolute atomic E-state index is 14.0. The van der Waals surface area contributed by atoms with Crippen molar-refractivity contribution in [2.24, 2.45) is 5.73 Å². The number of benzene rings is 2. The van der Waals surface area contributed by atoms with Crippen LogP contribution in [0, 0.1) is 18.6 Å². The zero-order valence-corrected chi connectivity index (χ0v) is 19.9. The third kappa shape index (κ3) is 6.28. The summed E-state index contributed by atoms with van der Waals surface area (Å²) in [5, 5.41) is 11.6. The van der Waals surface area contributed by atoms with E-state index in [4.69, 9.17) is 15.6 Å². The van der Waals surface area contributed by atoms with Crippen LogP contribution in [-0.2, 0) is 24.4 Å². The van der Waals surface area contributed by atoms with Crippen molar-refractivity contribution in [3.8, 4) is 5.75 Å². The van der Waals surface area contributed by atoms with Gasteiger partial charge in [0.15, 0.2) is 0 Å². The number of nitrogens with two attached hydrogens (primary N) is 1. The monoisotopic (exact) mass is 535 g/mol. The molecule has 1 heterocycles. The Bertz CT molecular complexity index is 1230. The zero-order valence-electron chi connectivity index (χ0n) is 18.3. The van der Waals surface area contributed by atoms with Crippen LogP contribution in [0.3, 0.4) is 0 Å². The van der Waals surface area contributed by atoms with Crippen molar-refractivity contribution >= 4 is 21.8 Å². The number of aliphatic hydroxyl groups excluding tert-OH is 1. The van der Waals surface area contributed by atoms with Crippen molar-refractivity contribution in [3.63, 3.8) is 0 Å². The van der Waals surface area contributed by atoms with E-state index in [-0.39, 0.29) is 34.5 Å². The minimum atomic E-state index is -0.970. The molecule has 0 radical (unpaired) electrons. The molecular weight excluding hydrogens is 512 g/mol. The second-order valence-corrected chi connectivity index (χ2v) is 8.52. The number of hydrogen-bond acceptors (Lipinski definition) is 5. The number of ether oxygens (including phenoxy) is 1. The Morgan fingerprint density at radius 1 is 1.21 bits per heavy atom. The van der Waals surface area contributed by atoms with Gasteiger partial charge in [-0.1, -0.05) is 24.3 Å². The Morgan fingerprint density at radius 2 is 1.88 bits per heavy atom. The van der Waals surface area contributed by atoms with Crippen molar-refractivity contribution in [1.82, 2.24) is 10.3 Å². The summed E-state index contributed by atoms with van der Waals surface area (Å²) in [6, 6.07) is 9.66. The van der Waals surface area contributed by atoms with Gasteiger partial charge in [-0.3, -0.25) is 9.59 Å². The number of carbonyl (C=O) groups is 1. The van der Waals surface area contributed by atoms with E-state index in [2.05, 4.69) is 26.2 Å². The lowest BCUT2D eigenvalue weighted by Crippen LogP contribution is -2.42. The van der Waals surface area contributed by atoms with Crippen LogP contribution in [-0.4, -0.2) is 28.6 Å². The van der Waals surface area contributed by atoms with Crippen LogP contribution < -0.4 is 21.3 Å². The summed E-state index contributed by atoms with van der Waals surface area (Å²) < 4.78 is 33.2. The maximum Gasteiger partial charge on any atom is 0.266 e. The Kier molecular flexibility index (Phi) is 8.54. The molecule has 1 aromatic heterocycles. The van der Waals surface area contributed by atoms with Gasteiger partial charge in [0.25, 0.3) is 5.56 Å². The SMILES string of the molecule is Cc1[nH]c(=O)c(Br)c(OCc2ccc(F)cc2F)c1Cc1ccc(CNC(=O)[C@H](N)CO)cc1. The number of aromatic nitrogens is 1.